The number of fused-ring (bicyclic) bond motifs is 2. The molecule has 187 valence electrons. The van der Waals surface area contributed by atoms with E-state index in [0.717, 1.165) is 16.0 Å². The Morgan fingerprint density at radius 1 is 1.31 bits per heavy atom. The number of anilines is 1. The summed E-state index contributed by atoms with van der Waals surface area (Å²) in [4.78, 5) is 33.4. The van der Waals surface area contributed by atoms with Crippen LogP contribution < -0.4 is 18.6 Å². The number of hydrogen-bond donors (Lipinski definition) is 1. The Labute approximate surface area is 233 Å². The van der Waals surface area contributed by atoms with Gasteiger partial charge in [-0.25, -0.2) is 4.98 Å². The van der Waals surface area contributed by atoms with Crippen LogP contribution >= 0.6 is 7.81 Å². The number of aliphatic hydroxyl groups is 1. The molecule has 2 amide bonds. The monoisotopic (exact) mass is 721 g/mol. The third-order valence-electron chi connectivity index (χ3n) is 5.67. The van der Waals surface area contributed by atoms with Crippen molar-refractivity contribution >= 4 is 69.4 Å². The number of hydrogen-bond acceptors (Lipinski definition) is 9. The Morgan fingerprint density at radius 2 is 2.08 bits per heavy atom. The summed E-state index contributed by atoms with van der Waals surface area (Å²) in [5.41, 5.74) is 1.78. The second-order valence-corrected chi connectivity index (χ2v) is 8.41. The molecule has 0 aliphatic carbocycles. The number of carbonyl (C=O) groups is 2. The summed E-state index contributed by atoms with van der Waals surface area (Å²) in [5.74, 6) is 0.544. The molecule has 2 aliphatic rings. The normalized spacial score (nSPS) is 18.2. The van der Waals surface area contributed by atoms with Crippen molar-refractivity contribution in [1.29, 1.82) is 0 Å². The molecule has 0 bridgehead atoms. The van der Waals surface area contributed by atoms with Crippen LogP contribution in [0.2, 0.25) is 0 Å². The SMILES string of the molecule is C=CCOC(=O)N1c2cc(O[SH-]#P)c(OC)cc2C(=O)N2C=C(c3ccc(OC)nc3)C[C@H]2C1O.[Tl]. The van der Waals surface area contributed by atoms with Gasteiger partial charge in [0.25, 0.3) is 0 Å². The van der Waals surface area contributed by atoms with E-state index < -0.39 is 24.3 Å². The van der Waals surface area contributed by atoms with Gasteiger partial charge in [-0.15, -0.1) is 0 Å². The molecule has 13 heteroatoms. The van der Waals surface area contributed by atoms with Crippen LogP contribution in [0.1, 0.15) is 22.3 Å². The Kier molecular flexibility index (Phi) is 9.61. The topological polar surface area (TPSA) is 111 Å². The number of thiol groups is 1. The molecule has 2 aromatic rings. The Hall–Kier alpha value is -2.35. The van der Waals surface area contributed by atoms with Crippen LogP contribution in [0, 0.1) is 0 Å². The maximum atomic E-state index is 13.7. The molecule has 1 N–H and O–H groups in total. The van der Waals surface area contributed by atoms with Crippen molar-refractivity contribution < 1.29 is 33.1 Å². The van der Waals surface area contributed by atoms with Crippen molar-refractivity contribution in [1.82, 2.24) is 9.88 Å². The first-order valence-corrected chi connectivity index (χ1v) is 12.4. The van der Waals surface area contributed by atoms with Crippen molar-refractivity contribution in [2.45, 2.75) is 18.7 Å². The number of rotatable bonds is 6. The zero-order chi connectivity index (χ0) is 25.1. The van der Waals surface area contributed by atoms with E-state index in [1.807, 2.05) is 6.07 Å². The molecular weight excluding hydrogens is 698 g/mol. The summed E-state index contributed by atoms with van der Waals surface area (Å²) < 4.78 is 21.2. The largest absolute Gasteiger partial charge is 0 e. The molecule has 1 aromatic carbocycles. The molecule has 36 heavy (non-hydrogen) atoms. The predicted octanol–water partition coefficient (Wildman–Crippen LogP) is 2.87. The van der Waals surface area contributed by atoms with E-state index in [9.17, 15) is 14.7 Å². The van der Waals surface area contributed by atoms with Crippen molar-refractivity contribution in [2.24, 2.45) is 0 Å². The smallest absolute Gasteiger partial charge is 0 e. The van der Waals surface area contributed by atoms with Crippen LogP contribution in [-0.2, 0) is 15.8 Å². The molecule has 2 atom stereocenters. The Balaban J connectivity index is 0.00000361. The summed E-state index contributed by atoms with van der Waals surface area (Å²) in [7, 11) is 7.01. The first kappa shape index (κ1) is 28.2. The van der Waals surface area contributed by atoms with Gasteiger partial charge in [-0.05, 0) is 0 Å². The molecule has 4 rings (SSSR count). The van der Waals surface area contributed by atoms with Gasteiger partial charge in [0.15, 0.2) is 0 Å². The van der Waals surface area contributed by atoms with E-state index >= 15 is 0 Å². The van der Waals surface area contributed by atoms with Crippen LogP contribution in [0.4, 0.5) is 10.5 Å². The number of aromatic nitrogens is 1. The molecule has 1 aromatic heterocycles. The van der Waals surface area contributed by atoms with E-state index in [4.69, 9.17) is 18.4 Å². The molecule has 0 spiro atoms. The molecule has 0 saturated carbocycles. The predicted molar refractivity (Wildman–Crippen MR) is 138 cm³/mol. The third kappa shape index (κ3) is 5.34. The quantitative estimate of drug-likeness (QED) is 0.160. The number of ether oxygens (including phenoxy) is 3. The van der Waals surface area contributed by atoms with Crippen LogP contribution in [0.5, 0.6) is 17.4 Å². The van der Waals surface area contributed by atoms with Gasteiger partial charge in [-0.3, -0.25) is 0 Å². The average Bonchev–Trinajstić information content (AvgIpc) is 3.30. The number of nitrogens with zero attached hydrogens (tertiary/aromatic N) is 3. The van der Waals surface area contributed by atoms with Crippen LogP contribution in [0.3, 0.4) is 0 Å². The maximum Gasteiger partial charge on any atom is 0 e. The second-order valence-electron chi connectivity index (χ2n) is 7.57. The van der Waals surface area contributed by atoms with Crippen LogP contribution in [-0.4, -0.2) is 87.4 Å². The van der Waals surface area contributed by atoms with Gasteiger partial charge in [0.05, 0.1) is 7.11 Å². The molecule has 1 unspecified atom stereocenters. The number of amides is 2. The fourth-order valence-corrected chi connectivity index (χ4v) is 4.53. The minimum Gasteiger partial charge on any atom is 0 e. The first-order chi connectivity index (χ1) is 16.9. The minimum absolute atomic E-state index is 0. The fourth-order valence-electron chi connectivity index (χ4n) is 4.04. The summed E-state index contributed by atoms with van der Waals surface area (Å²) in [5, 5.41) is 11.4. The van der Waals surface area contributed by atoms with Crippen molar-refractivity contribution in [3.8, 4) is 17.4 Å². The first-order valence-electron chi connectivity index (χ1n) is 10.5. The molecule has 0 saturated heterocycles. The average molecular weight is 721 g/mol. The molecule has 1 radical (unpaired) electrons. The third-order valence-corrected chi connectivity index (χ3v) is 6.20. The van der Waals surface area contributed by atoms with E-state index in [-0.39, 0.29) is 74.1 Å². The van der Waals surface area contributed by atoms with E-state index in [1.165, 1.54) is 37.3 Å². The Bertz CT molecular complexity index is 1250. The number of aliphatic hydroxyl groups excluding tert-OH is 1. The number of methoxy groups -OCH3 is 2. The molecular formula is C23H23N3O7PSTl-. The van der Waals surface area contributed by atoms with Crippen molar-refractivity contribution in [2.75, 3.05) is 25.7 Å². The van der Waals surface area contributed by atoms with Gasteiger partial charge in [0, 0.05) is 33.4 Å². The summed E-state index contributed by atoms with van der Waals surface area (Å²) in [6.07, 6.45) is 2.71. The number of carbonyl (C=O) groups excluding carboxylic acids is 2. The van der Waals surface area contributed by atoms with E-state index in [2.05, 4.69) is 19.4 Å². The zero-order valence-electron chi connectivity index (χ0n) is 19.5. The summed E-state index contributed by atoms with van der Waals surface area (Å²) >= 11 is 0.276. The maximum absolute atomic E-state index is 13.7. The molecule has 0 fully saturated rings. The fraction of sp³-hybridized carbons (Fsp3) is 0.261. The van der Waals surface area contributed by atoms with Gasteiger partial charge in [0.2, 0.25) is 5.88 Å². The van der Waals surface area contributed by atoms with Crippen LogP contribution in [0.15, 0.2) is 49.3 Å². The summed E-state index contributed by atoms with van der Waals surface area (Å²) in [6, 6.07) is 5.67. The number of benzene rings is 1. The minimum atomic E-state index is -1.42. The van der Waals surface area contributed by atoms with Crippen molar-refractivity contribution in [3.63, 3.8) is 0 Å². The van der Waals surface area contributed by atoms with Gasteiger partial charge in [0.1, 0.15) is 0 Å². The van der Waals surface area contributed by atoms with Gasteiger partial charge in [-0.1, -0.05) is 0 Å². The van der Waals surface area contributed by atoms with Gasteiger partial charge >= 0.3 is 179 Å². The molecule has 3 heterocycles. The van der Waals surface area contributed by atoms with E-state index in [1.54, 1.807) is 18.5 Å². The second kappa shape index (κ2) is 12.3. The standard InChI is InChI=1S/C23H23N3O7PS.Tl/c1-4-7-32-23(29)26-16-10-19(33-35-34)18(30-2)9-15(16)21(27)25-12-14(8-17(25)22(26)28)13-5-6-20(31-3)24-11-13;/h4-6,9-12,17,22,28,35H,1,7-8H2,2-3H3;/q-1;/t17-,22?;/m0./s1. The Morgan fingerprint density at radius 3 is 2.69 bits per heavy atom. The molecule has 2 aliphatic heterocycles. The van der Waals surface area contributed by atoms with Crippen LogP contribution in [0.25, 0.3) is 5.57 Å². The number of pyridine rings is 1. The van der Waals surface area contributed by atoms with Gasteiger partial charge in [-0.2, -0.15) is 0 Å². The van der Waals surface area contributed by atoms with E-state index in [0.29, 0.717) is 5.88 Å². The van der Waals surface area contributed by atoms with Crippen molar-refractivity contribution in [3.05, 3.63) is 60.4 Å². The molecule has 10 nitrogen and oxygen atoms in total. The zero-order valence-corrected chi connectivity index (χ0v) is 25.8. The summed E-state index contributed by atoms with van der Waals surface area (Å²) in [6.45, 7) is 3.48. The van der Waals surface area contributed by atoms with Gasteiger partial charge < -0.3 is 4.74 Å².